The van der Waals surface area contributed by atoms with E-state index in [1.807, 2.05) is 36.4 Å². The standard InChI is InChI=1S/C33H43FO5/c1-3-32(35)38-24-14-10-6-5-9-13-23-37-30-21-19-27(20-22-30)29-18-17-28(31(34)26-29)16-12-8-7-11-15-25-39-33(36)4-2/h3-4,17-22,26H,1-2,5-16,23-25H2. The van der Waals surface area contributed by atoms with Crippen LogP contribution in [0, 0.1) is 5.82 Å². The Balaban J connectivity index is 1.59. The van der Waals surface area contributed by atoms with E-state index in [-0.39, 0.29) is 17.8 Å². The summed E-state index contributed by atoms with van der Waals surface area (Å²) in [6.07, 6.45) is 14.2. The van der Waals surface area contributed by atoms with E-state index in [1.54, 1.807) is 6.07 Å². The Labute approximate surface area is 233 Å². The maximum absolute atomic E-state index is 14.7. The molecule has 2 aromatic carbocycles. The Hall–Kier alpha value is -3.41. The van der Waals surface area contributed by atoms with E-state index < -0.39 is 0 Å². The summed E-state index contributed by atoms with van der Waals surface area (Å²) in [7, 11) is 0. The van der Waals surface area contributed by atoms with Crippen LogP contribution in [0.3, 0.4) is 0 Å². The van der Waals surface area contributed by atoms with Crippen LogP contribution in [-0.4, -0.2) is 31.8 Å². The zero-order chi connectivity index (χ0) is 28.1. The third kappa shape index (κ3) is 13.8. The summed E-state index contributed by atoms with van der Waals surface area (Å²) < 4.78 is 30.5. The molecule has 0 atom stereocenters. The van der Waals surface area contributed by atoms with E-state index in [2.05, 4.69) is 13.2 Å². The highest BCUT2D eigenvalue weighted by Gasteiger charge is 2.06. The third-order valence-electron chi connectivity index (χ3n) is 6.46. The van der Waals surface area contributed by atoms with Gasteiger partial charge in [-0.15, -0.1) is 0 Å². The number of unbranched alkanes of at least 4 members (excludes halogenated alkanes) is 9. The minimum atomic E-state index is -0.379. The highest BCUT2D eigenvalue weighted by atomic mass is 19.1. The predicted molar refractivity (Wildman–Crippen MR) is 154 cm³/mol. The van der Waals surface area contributed by atoms with Crippen LogP contribution in [0.5, 0.6) is 5.75 Å². The van der Waals surface area contributed by atoms with Gasteiger partial charge < -0.3 is 14.2 Å². The lowest BCUT2D eigenvalue weighted by Crippen LogP contribution is -2.01. The van der Waals surface area contributed by atoms with E-state index in [9.17, 15) is 14.0 Å². The van der Waals surface area contributed by atoms with E-state index in [4.69, 9.17) is 14.2 Å². The van der Waals surface area contributed by atoms with Crippen LogP contribution < -0.4 is 4.74 Å². The van der Waals surface area contributed by atoms with Crippen molar-refractivity contribution in [1.82, 2.24) is 0 Å². The third-order valence-corrected chi connectivity index (χ3v) is 6.46. The van der Waals surface area contributed by atoms with Crippen LogP contribution in [0.25, 0.3) is 11.1 Å². The molecule has 5 nitrogen and oxygen atoms in total. The first-order chi connectivity index (χ1) is 19.0. The Kier molecular flexibility index (Phi) is 16.0. The van der Waals surface area contributed by atoms with E-state index >= 15 is 0 Å². The molecule has 39 heavy (non-hydrogen) atoms. The minimum absolute atomic E-state index is 0.165. The average molecular weight is 539 g/mol. The maximum atomic E-state index is 14.7. The number of ether oxygens (including phenoxy) is 3. The van der Waals surface area contributed by atoms with Gasteiger partial charge in [0.05, 0.1) is 19.8 Å². The van der Waals surface area contributed by atoms with Crippen LogP contribution in [0.4, 0.5) is 4.39 Å². The number of hydrogen-bond acceptors (Lipinski definition) is 5. The van der Waals surface area contributed by atoms with E-state index in [1.165, 1.54) is 12.2 Å². The zero-order valence-corrected chi connectivity index (χ0v) is 23.1. The summed E-state index contributed by atoms with van der Waals surface area (Å²) in [6.45, 7) is 8.30. The second kappa shape index (κ2) is 19.6. The predicted octanol–water partition coefficient (Wildman–Crippen LogP) is 8.16. The highest BCUT2D eigenvalue weighted by Crippen LogP contribution is 2.25. The maximum Gasteiger partial charge on any atom is 0.330 e. The molecule has 6 heteroatoms. The van der Waals surface area contributed by atoms with Gasteiger partial charge >= 0.3 is 11.9 Å². The summed E-state index contributed by atoms with van der Waals surface area (Å²) in [5, 5.41) is 0. The van der Waals surface area contributed by atoms with Crippen molar-refractivity contribution in [2.24, 2.45) is 0 Å². The molecule has 0 spiro atoms. The van der Waals surface area contributed by atoms with E-state index in [0.29, 0.717) is 19.8 Å². The van der Waals surface area contributed by atoms with Crippen molar-refractivity contribution in [3.8, 4) is 16.9 Å². The lowest BCUT2D eigenvalue weighted by Gasteiger charge is -2.09. The second-order valence-electron chi connectivity index (χ2n) is 9.56. The fourth-order valence-electron chi connectivity index (χ4n) is 4.19. The number of benzene rings is 2. The van der Waals surface area contributed by atoms with Crippen molar-refractivity contribution in [3.05, 3.63) is 79.2 Å². The summed E-state index contributed by atoms with van der Waals surface area (Å²) in [4.78, 5) is 21.9. The number of rotatable bonds is 21. The minimum Gasteiger partial charge on any atom is -0.494 e. The van der Waals surface area contributed by atoms with Gasteiger partial charge in [0.25, 0.3) is 0 Å². The quantitative estimate of drug-likeness (QED) is 0.0911. The van der Waals surface area contributed by atoms with Crippen LogP contribution in [0.2, 0.25) is 0 Å². The Morgan fingerprint density at radius 1 is 0.641 bits per heavy atom. The molecule has 2 rings (SSSR count). The fourth-order valence-corrected chi connectivity index (χ4v) is 4.19. The SMILES string of the molecule is C=CC(=O)OCCCCCCCCOc1ccc(-c2ccc(CCCCCCCOC(=O)C=C)c(F)c2)cc1. The van der Waals surface area contributed by atoms with Gasteiger partial charge in [0.15, 0.2) is 0 Å². The molecule has 0 aromatic heterocycles. The molecule has 0 fully saturated rings. The average Bonchev–Trinajstić information content (AvgIpc) is 2.96. The summed E-state index contributed by atoms with van der Waals surface area (Å²) >= 11 is 0. The first kappa shape index (κ1) is 31.8. The van der Waals surface area contributed by atoms with Crippen LogP contribution in [-0.2, 0) is 25.5 Å². The number of halogens is 1. The van der Waals surface area contributed by atoms with Crippen LogP contribution in [0.15, 0.2) is 67.8 Å². The number of hydrogen-bond donors (Lipinski definition) is 0. The summed E-state index contributed by atoms with van der Waals surface area (Å²) in [5.41, 5.74) is 2.56. The molecule has 0 bridgehead atoms. The Bertz CT molecular complexity index is 1020. The molecule has 0 amide bonds. The molecule has 0 saturated heterocycles. The topological polar surface area (TPSA) is 61.8 Å². The first-order valence-corrected chi connectivity index (χ1v) is 14.1. The van der Waals surface area contributed by atoms with Gasteiger partial charge in [-0.25, -0.2) is 14.0 Å². The first-order valence-electron chi connectivity index (χ1n) is 14.1. The zero-order valence-electron chi connectivity index (χ0n) is 23.1. The van der Waals surface area contributed by atoms with Gasteiger partial charge in [-0.05, 0) is 67.0 Å². The second-order valence-corrected chi connectivity index (χ2v) is 9.56. The van der Waals surface area contributed by atoms with Crippen LogP contribution >= 0.6 is 0 Å². The molecule has 0 unspecified atom stereocenters. The molecule has 2 aromatic rings. The molecule has 0 N–H and O–H groups in total. The number of aryl methyl sites for hydroxylation is 1. The van der Waals surface area contributed by atoms with Crippen molar-refractivity contribution in [2.75, 3.05) is 19.8 Å². The molecular formula is C33H43FO5. The normalized spacial score (nSPS) is 10.6. The number of carbonyl (C=O) groups is 2. The van der Waals surface area contributed by atoms with Crippen molar-refractivity contribution in [3.63, 3.8) is 0 Å². The van der Waals surface area contributed by atoms with Crippen molar-refractivity contribution >= 4 is 11.9 Å². The molecule has 0 heterocycles. The van der Waals surface area contributed by atoms with Gasteiger partial charge in [-0.3, -0.25) is 0 Å². The number of esters is 2. The summed E-state index contributed by atoms with van der Waals surface area (Å²) in [6, 6.07) is 13.3. The molecular weight excluding hydrogens is 495 g/mol. The van der Waals surface area contributed by atoms with Gasteiger partial charge in [0.1, 0.15) is 11.6 Å². The largest absolute Gasteiger partial charge is 0.494 e. The smallest absolute Gasteiger partial charge is 0.330 e. The monoisotopic (exact) mass is 538 g/mol. The van der Waals surface area contributed by atoms with Gasteiger partial charge in [-0.2, -0.15) is 0 Å². The lowest BCUT2D eigenvalue weighted by atomic mass is 10.00. The molecule has 0 aliphatic carbocycles. The van der Waals surface area contributed by atoms with Crippen molar-refractivity contribution in [1.29, 1.82) is 0 Å². The molecule has 0 saturated carbocycles. The molecule has 0 radical (unpaired) electrons. The number of carbonyl (C=O) groups excluding carboxylic acids is 2. The summed E-state index contributed by atoms with van der Waals surface area (Å²) in [5.74, 6) is -0.0838. The Morgan fingerprint density at radius 3 is 1.67 bits per heavy atom. The van der Waals surface area contributed by atoms with Crippen molar-refractivity contribution < 1.29 is 28.2 Å². The van der Waals surface area contributed by atoms with Gasteiger partial charge in [0, 0.05) is 12.2 Å². The van der Waals surface area contributed by atoms with Gasteiger partial charge in [-0.1, -0.05) is 82.4 Å². The highest BCUT2D eigenvalue weighted by molar-refractivity contribution is 5.81. The Morgan fingerprint density at radius 2 is 1.13 bits per heavy atom. The van der Waals surface area contributed by atoms with Crippen molar-refractivity contribution in [2.45, 2.75) is 77.0 Å². The molecule has 0 aliphatic rings. The van der Waals surface area contributed by atoms with E-state index in [0.717, 1.165) is 99.5 Å². The lowest BCUT2D eigenvalue weighted by molar-refractivity contribution is -0.138. The molecule has 0 aliphatic heterocycles. The molecule has 212 valence electrons. The van der Waals surface area contributed by atoms with Gasteiger partial charge in [0.2, 0.25) is 0 Å². The van der Waals surface area contributed by atoms with Crippen LogP contribution in [0.1, 0.15) is 76.2 Å². The fraction of sp³-hybridized carbons (Fsp3) is 0.455.